The molecule has 112 valence electrons. The molecule has 0 aromatic heterocycles. The van der Waals surface area contributed by atoms with Gasteiger partial charge in [-0.2, -0.15) is 0 Å². The molecular formula is C14H22N2O3S. The minimum absolute atomic E-state index is 0.119. The van der Waals surface area contributed by atoms with Gasteiger partial charge in [-0.1, -0.05) is 6.92 Å². The molecule has 1 unspecified atom stereocenters. The minimum atomic E-state index is -3.45. The first-order valence-electron chi connectivity index (χ1n) is 7.06. The van der Waals surface area contributed by atoms with Gasteiger partial charge in [0, 0.05) is 24.9 Å². The number of hydrogen-bond acceptors (Lipinski definition) is 4. The van der Waals surface area contributed by atoms with Crippen LogP contribution in [0.5, 0.6) is 0 Å². The molecule has 1 aliphatic rings. The molecule has 2 N–H and O–H groups in total. The molecule has 1 aliphatic heterocycles. The highest BCUT2D eigenvalue weighted by Gasteiger charge is 2.22. The van der Waals surface area contributed by atoms with Gasteiger partial charge in [0.15, 0.2) is 0 Å². The first-order valence-corrected chi connectivity index (χ1v) is 8.54. The van der Waals surface area contributed by atoms with Crippen LogP contribution < -0.4 is 10.0 Å². The third-order valence-corrected chi connectivity index (χ3v) is 4.76. The van der Waals surface area contributed by atoms with E-state index in [1.165, 1.54) is 0 Å². The summed E-state index contributed by atoms with van der Waals surface area (Å²) in [6.07, 6.45) is 2.76. The molecule has 1 aromatic carbocycles. The van der Waals surface area contributed by atoms with Crippen LogP contribution >= 0.6 is 0 Å². The smallest absolute Gasteiger partial charge is 0.240 e. The highest BCUT2D eigenvalue weighted by molar-refractivity contribution is 7.89. The van der Waals surface area contributed by atoms with Crippen LogP contribution in [0.3, 0.4) is 0 Å². The Morgan fingerprint density at radius 2 is 2.05 bits per heavy atom. The molecule has 6 heteroatoms. The van der Waals surface area contributed by atoms with E-state index in [2.05, 4.69) is 17.0 Å². The lowest BCUT2D eigenvalue weighted by Gasteiger charge is -2.23. The monoisotopic (exact) mass is 298 g/mol. The highest BCUT2D eigenvalue weighted by Crippen LogP contribution is 2.16. The molecule has 0 radical (unpaired) electrons. The van der Waals surface area contributed by atoms with E-state index in [9.17, 15) is 8.42 Å². The second-order valence-corrected chi connectivity index (χ2v) is 6.70. The fraction of sp³-hybridized carbons (Fsp3) is 0.571. The Bertz CT molecular complexity index is 508. The van der Waals surface area contributed by atoms with E-state index in [1.807, 2.05) is 0 Å². The Balaban J connectivity index is 2.01. The fourth-order valence-electron chi connectivity index (χ4n) is 2.14. The SMILES string of the molecule is CCCNc1ccc(S(=O)(=O)NC2CCCOC2)cc1. The number of nitrogens with one attached hydrogen (secondary N) is 2. The molecule has 1 aromatic rings. The molecule has 0 amide bonds. The second kappa shape index (κ2) is 7.06. The van der Waals surface area contributed by atoms with E-state index < -0.39 is 10.0 Å². The first-order chi connectivity index (χ1) is 9.62. The van der Waals surface area contributed by atoms with Crippen molar-refractivity contribution in [2.24, 2.45) is 0 Å². The summed E-state index contributed by atoms with van der Waals surface area (Å²) in [6.45, 7) is 4.14. The Labute approximate surface area is 120 Å². The Kier molecular flexibility index (Phi) is 5.39. The summed E-state index contributed by atoms with van der Waals surface area (Å²) in [6, 6.07) is 6.73. The van der Waals surface area contributed by atoms with Gasteiger partial charge in [0.05, 0.1) is 11.5 Å². The zero-order chi connectivity index (χ0) is 14.4. The number of benzene rings is 1. The lowest BCUT2D eigenvalue weighted by atomic mass is 10.1. The van der Waals surface area contributed by atoms with Gasteiger partial charge in [0.2, 0.25) is 10.0 Å². The van der Waals surface area contributed by atoms with Crippen LogP contribution in [0, 0.1) is 0 Å². The Hall–Kier alpha value is -1.11. The molecule has 1 atom stereocenters. The van der Waals surface area contributed by atoms with Crippen molar-refractivity contribution >= 4 is 15.7 Å². The molecule has 1 saturated heterocycles. The Morgan fingerprint density at radius 3 is 2.65 bits per heavy atom. The van der Waals surface area contributed by atoms with Crippen LogP contribution in [0.1, 0.15) is 26.2 Å². The summed E-state index contributed by atoms with van der Waals surface area (Å²) in [5.41, 5.74) is 0.937. The molecule has 5 nitrogen and oxygen atoms in total. The van der Waals surface area contributed by atoms with Crippen LogP contribution in [0.4, 0.5) is 5.69 Å². The maximum Gasteiger partial charge on any atom is 0.240 e. The van der Waals surface area contributed by atoms with Crippen molar-refractivity contribution in [3.63, 3.8) is 0 Å². The van der Waals surface area contributed by atoms with Crippen molar-refractivity contribution in [2.75, 3.05) is 25.1 Å². The predicted molar refractivity (Wildman–Crippen MR) is 79.4 cm³/mol. The first kappa shape index (κ1) is 15.3. The van der Waals surface area contributed by atoms with E-state index in [0.29, 0.717) is 11.5 Å². The standard InChI is InChI=1S/C14H22N2O3S/c1-2-9-15-12-5-7-14(8-6-12)20(17,18)16-13-4-3-10-19-11-13/h5-8,13,15-16H,2-4,9-11H2,1H3. The number of rotatable bonds is 6. The molecule has 1 heterocycles. The Morgan fingerprint density at radius 1 is 1.30 bits per heavy atom. The van der Waals surface area contributed by atoms with Crippen molar-refractivity contribution in [2.45, 2.75) is 37.1 Å². The third kappa shape index (κ3) is 4.19. The van der Waals surface area contributed by atoms with Crippen LogP contribution in [0.15, 0.2) is 29.2 Å². The number of sulfonamides is 1. The lowest BCUT2D eigenvalue weighted by molar-refractivity contribution is 0.0774. The van der Waals surface area contributed by atoms with Gasteiger partial charge >= 0.3 is 0 Å². The molecule has 1 fully saturated rings. The molecule has 0 spiro atoms. The maximum absolute atomic E-state index is 12.2. The van der Waals surface area contributed by atoms with Crippen molar-refractivity contribution in [3.05, 3.63) is 24.3 Å². The van der Waals surface area contributed by atoms with E-state index in [-0.39, 0.29) is 6.04 Å². The van der Waals surface area contributed by atoms with E-state index in [0.717, 1.165) is 38.1 Å². The van der Waals surface area contributed by atoms with Crippen molar-refractivity contribution in [3.8, 4) is 0 Å². The second-order valence-electron chi connectivity index (χ2n) is 4.99. The van der Waals surface area contributed by atoms with E-state index in [1.54, 1.807) is 24.3 Å². The number of anilines is 1. The zero-order valence-electron chi connectivity index (χ0n) is 11.8. The normalized spacial score (nSPS) is 19.8. The van der Waals surface area contributed by atoms with Crippen LogP contribution in [-0.2, 0) is 14.8 Å². The van der Waals surface area contributed by atoms with E-state index in [4.69, 9.17) is 4.74 Å². The van der Waals surface area contributed by atoms with Gasteiger partial charge < -0.3 is 10.1 Å². The molecule has 0 aliphatic carbocycles. The zero-order valence-corrected chi connectivity index (χ0v) is 12.6. The highest BCUT2D eigenvalue weighted by atomic mass is 32.2. The van der Waals surface area contributed by atoms with Crippen molar-refractivity contribution in [1.29, 1.82) is 0 Å². The summed E-state index contributed by atoms with van der Waals surface area (Å²) in [4.78, 5) is 0.296. The molecule has 0 bridgehead atoms. The third-order valence-electron chi connectivity index (χ3n) is 3.23. The maximum atomic E-state index is 12.2. The van der Waals surface area contributed by atoms with Gasteiger partial charge in [-0.25, -0.2) is 13.1 Å². The lowest BCUT2D eigenvalue weighted by Crippen LogP contribution is -2.40. The number of ether oxygens (including phenoxy) is 1. The summed E-state index contributed by atoms with van der Waals surface area (Å²) in [7, 11) is -3.45. The topological polar surface area (TPSA) is 67.4 Å². The molecule has 0 saturated carbocycles. The van der Waals surface area contributed by atoms with Crippen molar-refractivity contribution in [1.82, 2.24) is 4.72 Å². The average Bonchev–Trinajstić information content (AvgIpc) is 2.46. The summed E-state index contributed by atoms with van der Waals surface area (Å²) >= 11 is 0. The van der Waals surface area contributed by atoms with Gasteiger partial charge in [-0.3, -0.25) is 0 Å². The summed E-state index contributed by atoms with van der Waals surface area (Å²) in [5, 5.41) is 3.22. The number of hydrogen-bond donors (Lipinski definition) is 2. The quantitative estimate of drug-likeness (QED) is 0.842. The van der Waals surface area contributed by atoms with Gasteiger partial charge in [-0.15, -0.1) is 0 Å². The largest absolute Gasteiger partial charge is 0.385 e. The van der Waals surface area contributed by atoms with Gasteiger partial charge in [0.1, 0.15) is 0 Å². The summed E-state index contributed by atoms with van der Waals surface area (Å²) in [5.74, 6) is 0. The molecule has 20 heavy (non-hydrogen) atoms. The van der Waals surface area contributed by atoms with E-state index >= 15 is 0 Å². The van der Waals surface area contributed by atoms with Gasteiger partial charge in [-0.05, 0) is 43.5 Å². The van der Waals surface area contributed by atoms with Crippen LogP contribution in [-0.4, -0.2) is 34.2 Å². The minimum Gasteiger partial charge on any atom is -0.385 e. The average molecular weight is 298 g/mol. The van der Waals surface area contributed by atoms with Crippen LogP contribution in [0.2, 0.25) is 0 Å². The molecular weight excluding hydrogens is 276 g/mol. The van der Waals surface area contributed by atoms with Crippen molar-refractivity contribution < 1.29 is 13.2 Å². The fourth-order valence-corrected chi connectivity index (χ4v) is 3.40. The van der Waals surface area contributed by atoms with Crippen LogP contribution in [0.25, 0.3) is 0 Å². The molecule has 2 rings (SSSR count). The summed E-state index contributed by atoms with van der Waals surface area (Å²) < 4.78 is 32.5. The van der Waals surface area contributed by atoms with Gasteiger partial charge in [0.25, 0.3) is 0 Å². The predicted octanol–water partition coefficient (Wildman–Crippen LogP) is 1.97.